The molecule has 68 valence electrons. The summed E-state index contributed by atoms with van der Waals surface area (Å²) in [6, 6.07) is 10.0. The molecule has 2 nitrogen and oxygen atoms in total. The van der Waals surface area contributed by atoms with Crippen LogP contribution in [0.25, 0.3) is 0 Å². The van der Waals surface area contributed by atoms with Crippen LogP contribution >= 0.6 is 0 Å². The van der Waals surface area contributed by atoms with Crippen molar-refractivity contribution < 1.29 is 0 Å². The zero-order valence-corrected chi connectivity index (χ0v) is 7.83. The van der Waals surface area contributed by atoms with Crippen molar-refractivity contribution in [2.24, 2.45) is 4.99 Å². The van der Waals surface area contributed by atoms with Gasteiger partial charge in [0.25, 0.3) is 0 Å². The van der Waals surface area contributed by atoms with Crippen molar-refractivity contribution in [2.45, 2.75) is 0 Å². The lowest BCUT2D eigenvalue weighted by Crippen LogP contribution is -2.24. The minimum absolute atomic E-state index is 0.738. The monoisotopic (exact) mass is 174 g/mol. The third-order valence-corrected chi connectivity index (χ3v) is 1.68. The third-order valence-electron chi connectivity index (χ3n) is 1.68. The number of amidine groups is 1. The molecule has 0 bridgehead atoms. The summed E-state index contributed by atoms with van der Waals surface area (Å²) in [4.78, 5) is 4.15. The normalized spacial score (nSPS) is 11.0. The van der Waals surface area contributed by atoms with Gasteiger partial charge in [-0.15, -0.1) is 6.58 Å². The minimum Gasteiger partial charge on any atom is -0.366 e. The molecule has 1 rings (SSSR count). The van der Waals surface area contributed by atoms with Crippen LogP contribution in [0, 0.1) is 0 Å². The highest BCUT2D eigenvalue weighted by Crippen LogP contribution is 1.98. The molecular weight excluding hydrogens is 160 g/mol. The number of nitrogens with zero attached hydrogens (tertiary/aromatic N) is 1. The van der Waals surface area contributed by atoms with Crippen LogP contribution in [0.5, 0.6) is 0 Å². The fraction of sp³-hybridized carbons (Fsp3) is 0.182. The quantitative estimate of drug-likeness (QED) is 0.422. The lowest BCUT2D eigenvalue weighted by atomic mass is 10.2. The first-order valence-electron chi connectivity index (χ1n) is 4.25. The fourth-order valence-corrected chi connectivity index (χ4v) is 1.08. The average Bonchev–Trinajstić information content (AvgIpc) is 2.21. The maximum Gasteiger partial charge on any atom is 0.128 e. The molecule has 0 amide bonds. The zero-order valence-electron chi connectivity index (χ0n) is 7.83. The van der Waals surface area contributed by atoms with Gasteiger partial charge in [-0.25, -0.2) is 0 Å². The predicted octanol–water partition coefficient (Wildman–Crippen LogP) is 1.84. The molecule has 0 aliphatic rings. The highest BCUT2D eigenvalue weighted by Gasteiger charge is 1.97. The number of hydrogen-bond acceptors (Lipinski definition) is 1. The van der Waals surface area contributed by atoms with E-state index in [1.807, 2.05) is 36.4 Å². The van der Waals surface area contributed by atoms with E-state index in [9.17, 15) is 0 Å². The van der Waals surface area contributed by atoms with Gasteiger partial charge in [0, 0.05) is 19.2 Å². The minimum atomic E-state index is 0.738. The lowest BCUT2D eigenvalue weighted by Gasteiger charge is -2.06. The summed E-state index contributed by atoms with van der Waals surface area (Å²) in [5.41, 5.74) is 1.10. The largest absolute Gasteiger partial charge is 0.366 e. The van der Waals surface area contributed by atoms with Gasteiger partial charge >= 0.3 is 0 Å². The van der Waals surface area contributed by atoms with Crippen LogP contribution in [0.1, 0.15) is 5.56 Å². The Labute approximate surface area is 79.0 Å². The van der Waals surface area contributed by atoms with Gasteiger partial charge in [-0.3, -0.25) is 4.99 Å². The van der Waals surface area contributed by atoms with Crippen molar-refractivity contribution in [1.82, 2.24) is 5.32 Å². The average molecular weight is 174 g/mol. The van der Waals surface area contributed by atoms with E-state index in [1.54, 1.807) is 7.05 Å². The Hall–Kier alpha value is -1.57. The van der Waals surface area contributed by atoms with Crippen molar-refractivity contribution in [1.29, 1.82) is 0 Å². The van der Waals surface area contributed by atoms with E-state index < -0.39 is 0 Å². The zero-order chi connectivity index (χ0) is 9.52. The van der Waals surface area contributed by atoms with Crippen molar-refractivity contribution in [3.63, 3.8) is 0 Å². The molecule has 2 heteroatoms. The Bertz CT molecular complexity index is 288. The van der Waals surface area contributed by atoms with Crippen LogP contribution in [0.15, 0.2) is 48.0 Å². The van der Waals surface area contributed by atoms with Crippen molar-refractivity contribution in [3.8, 4) is 0 Å². The number of nitrogens with one attached hydrogen (secondary N) is 1. The molecule has 0 heterocycles. The van der Waals surface area contributed by atoms with Crippen LogP contribution < -0.4 is 5.32 Å². The summed E-state index contributed by atoms with van der Waals surface area (Å²) in [5.74, 6) is 0.903. The van der Waals surface area contributed by atoms with E-state index in [0.29, 0.717) is 0 Å². The predicted molar refractivity (Wildman–Crippen MR) is 57.1 cm³/mol. The number of rotatable bonds is 3. The van der Waals surface area contributed by atoms with Crippen LogP contribution in [-0.4, -0.2) is 19.4 Å². The molecule has 13 heavy (non-hydrogen) atoms. The van der Waals surface area contributed by atoms with Crippen molar-refractivity contribution in [3.05, 3.63) is 48.6 Å². The molecule has 0 aromatic heterocycles. The lowest BCUT2D eigenvalue weighted by molar-refractivity contribution is 1.03. The fourth-order valence-electron chi connectivity index (χ4n) is 1.08. The molecule has 1 aromatic rings. The summed E-state index contributed by atoms with van der Waals surface area (Å²) in [6.45, 7) is 4.38. The van der Waals surface area contributed by atoms with Gasteiger partial charge in [0.05, 0.1) is 0 Å². The topological polar surface area (TPSA) is 24.4 Å². The van der Waals surface area contributed by atoms with E-state index in [2.05, 4.69) is 16.9 Å². The molecule has 0 radical (unpaired) electrons. The van der Waals surface area contributed by atoms with Gasteiger partial charge in [0.2, 0.25) is 0 Å². The second-order valence-electron chi connectivity index (χ2n) is 2.61. The van der Waals surface area contributed by atoms with Crippen LogP contribution in [0.2, 0.25) is 0 Å². The van der Waals surface area contributed by atoms with Gasteiger partial charge in [-0.05, 0) is 0 Å². The second-order valence-corrected chi connectivity index (χ2v) is 2.61. The summed E-state index contributed by atoms with van der Waals surface area (Å²) < 4.78 is 0. The Kier molecular flexibility index (Phi) is 3.76. The Balaban J connectivity index is 2.74. The molecule has 1 N–H and O–H groups in total. The molecule has 0 unspecified atom stereocenters. The highest BCUT2D eigenvalue weighted by atomic mass is 15.0. The van der Waals surface area contributed by atoms with Gasteiger partial charge in [-0.2, -0.15) is 0 Å². The first kappa shape index (κ1) is 9.52. The standard InChI is InChI=1S/C11H14N2/c1-3-9-13-11(12-2)10-7-5-4-6-8-10/h3-8H,1,9H2,2H3,(H,12,13). The molecule has 0 aliphatic heterocycles. The van der Waals surface area contributed by atoms with Gasteiger partial charge < -0.3 is 5.32 Å². The molecule has 1 aromatic carbocycles. The van der Waals surface area contributed by atoms with E-state index in [0.717, 1.165) is 17.9 Å². The first-order valence-corrected chi connectivity index (χ1v) is 4.25. The Morgan fingerprint density at radius 2 is 2.15 bits per heavy atom. The van der Waals surface area contributed by atoms with Crippen LogP contribution in [-0.2, 0) is 0 Å². The first-order chi connectivity index (χ1) is 6.38. The number of benzene rings is 1. The van der Waals surface area contributed by atoms with Crippen molar-refractivity contribution in [2.75, 3.05) is 13.6 Å². The van der Waals surface area contributed by atoms with Crippen LogP contribution in [0.4, 0.5) is 0 Å². The number of hydrogen-bond donors (Lipinski definition) is 1. The summed E-state index contributed by atoms with van der Waals surface area (Å²) in [5, 5.41) is 3.17. The molecule has 0 spiro atoms. The van der Waals surface area contributed by atoms with Gasteiger partial charge in [0.1, 0.15) is 5.84 Å². The van der Waals surface area contributed by atoms with Gasteiger partial charge in [-0.1, -0.05) is 36.4 Å². The molecule has 0 aliphatic carbocycles. The third kappa shape index (κ3) is 2.75. The maximum atomic E-state index is 4.15. The van der Waals surface area contributed by atoms with E-state index >= 15 is 0 Å². The van der Waals surface area contributed by atoms with E-state index in [1.165, 1.54) is 0 Å². The Morgan fingerprint density at radius 1 is 1.46 bits per heavy atom. The van der Waals surface area contributed by atoms with Crippen molar-refractivity contribution >= 4 is 5.84 Å². The van der Waals surface area contributed by atoms with E-state index in [4.69, 9.17) is 0 Å². The highest BCUT2D eigenvalue weighted by molar-refractivity contribution is 5.98. The van der Waals surface area contributed by atoms with Crippen LogP contribution in [0.3, 0.4) is 0 Å². The van der Waals surface area contributed by atoms with Gasteiger partial charge in [0.15, 0.2) is 0 Å². The second kappa shape index (κ2) is 5.14. The molecule has 0 atom stereocenters. The summed E-state index contributed by atoms with van der Waals surface area (Å²) >= 11 is 0. The smallest absolute Gasteiger partial charge is 0.128 e. The van der Waals surface area contributed by atoms with E-state index in [-0.39, 0.29) is 0 Å². The molecular formula is C11H14N2. The summed E-state index contributed by atoms with van der Waals surface area (Å²) in [7, 11) is 1.78. The SMILES string of the molecule is C=CCN/C(=N\C)c1ccccc1. The molecule has 0 saturated heterocycles. The summed E-state index contributed by atoms with van der Waals surface area (Å²) in [6.07, 6.45) is 1.81. The Morgan fingerprint density at radius 3 is 2.69 bits per heavy atom. The maximum absolute atomic E-state index is 4.15. The molecule has 0 saturated carbocycles. The molecule has 0 fully saturated rings. The number of aliphatic imine (C=N–C) groups is 1.